The summed E-state index contributed by atoms with van der Waals surface area (Å²) in [5.41, 5.74) is 6.88. The van der Waals surface area contributed by atoms with Gasteiger partial charge in [-0.15, -0.1) is 0 Å². The Kier molecular flexibility index (Phi) is 7.23. The van der Waals surface area contributed by atoms with Gasteiger partial charge in [0, 0.05) is 12.6 Å². The molecule has 0 fully saturated rings. The number of hydrogen-bond donors (Lipinski definition) is 2. The van der Waals surface area contributed by atoms with E-state index in [4.69, 9.17) is 10.5 Å². The molecule has 0 aliphatic heterocycles. The molecule has 1 aromatic rings. The van der Waals surface area contributed by atoms with Gasteiger partial charge in [0.2, 0.25) is 0 Å². The predicted octanol–water partition coefficient (Wildman–Crippen LogP) is 2.51. The number of carbonyl (C=O) groups excluding carboxylic acids is 1. The molecule has 0 bridgehead atoms. The Hall–Kier alpha value is -1.55. The van der Waals surface area contributed by atoms with Crippen LogP contribution in [-0.4, -0.2) is 24.6 Å². The second-order valence-corrected chi connectivity index (χ2v) is 6.02. The van der Waals surface area contributed by atoms with Crippen molar-refractivity contribution in [2.45, 2.75) is 52.7 Å². The minimum absolute atomic E-state index is 0.0601. The molecule has 0 spiro atoms. The van der Waals surface area contributed by atoms with Gasteiger partial charge in [0.05, 0.1) is 0 Å². The fraction of sp³-hybridized carbons (Fsp3) is 0.588. The van der Waals surface area contributed by atoms with Gasteiger partial charge in [0.25, 0.3) is 5.91 Å². The highest BCUT2D eigenvalue weighted by molar-refractivity contribution is 5.80. The van der Waals surface area contributed by atoms with E-state index in [0.717, 1.165) is 24.2 Å². The number of para-hydroxylation sites is 1. The van der Waals surface area contributed by atoms with Crippen LogP contribution in [0.25, 0.3) is 0 Å². The zero-order valence-electron chi connectivity index (χ0n) is 13.6. The van der Waals surface area contributed by atoms with Crippen molar-refractivity contribution in [3.8, 4) is 5.75 Å². The Morgan fingerprint density at radius 2 is 1.90 bits per heavy atom. The summed E-state index contributed by atoms with van der Waals surface area (Å²) < 4.78 is 5.80. The first-order valence-electron chi connectivity index (χ1n) is 7.68. The van der Waals surface area contributed by atoms with E-state index in [1.165, 1.54) is 0 Å². The Morgan fingerprint density at radius 3 is 2.52 bits per heavy atom. The van der Waals surface area contributed by atoms with Crippen LogP contribution >= 0.6 is 0 Å². The van der Waals surface area contributed by atoms with Gasteiger partial charge < -0.3 is 15.8 Å². The van der Waals surface area contributed by atoms with E-state index < -0.39 is 6.10 Å². The van der Waals surface area contributed by atoms with Crippen LogP contribution < -0.4 is 15.8 Å². The molecule has 118 valence electrons. The Morgan fingerprint density at radius 1 is 1.24 bits per heavy atom. The summed E-state index contributed by atoms with van der Waals surface area (Å²) in [6.07, 6.45) is 1.20. The first-order chi connectivity index (χ1) is 9.90. The molecule has 1 amide bonds. The predicted molar refractivity (Wildman–Crippen MR) is 86.4 cm³/mol. The number of nitrogens with one attached hydrogen (secondary N) is 1. The molecule has 0 aliphatic carbocycles. The van der Waals surface area contributed by atoms with E-state index in [-0.39, 0.29) is 11.9 Å². The molecule has 1 rings (SSSR count). The molecule has 1 aromatic carbocycles. The average molecular weight is 292 g/mol. The number of rotatable bonds is 8. The number of hydrogen-bond acceptors (Lipinski definition) is 3. The molecule has 21 heavy (non-hydrogen) atoms. The maximum atomic E-state index is 12.0. The zero-order chi connectivity index (χ0) is 15.8. The summed E-state index contributed by atoms with van der Waals surface area (Å²) in [7, 11) is 0. The lowest BCUT2D eigenvalue weighted by Gasteiger charge is -2.18. The number of amides is 1. The number of carbonyl (C=O) groups is 1. The van der Waals surface area contributed by atoms with E-state index in [9.17, 15) is 4.79 Å². The van der Waals surface area contributed by atoms with Crippen LogP contribution in [0.15, 0.2) is 24.3 Å². The van der Waals surface area contributed by atoms with Gasteiger partial charge >= 0.3 is 0 Å². The molecule has 2 unspecified atom stereocenters. The van der Waals surface area contributed by atoms with Crippen LogP contribution in [0.1, 0.15) is 39.7 Å². The third-order valence-corrected chi connectivity index (χ3v) is 3.21. The highest BCUT2D eigenvalue weighted by Gasteiger charge is 2.16. The van der Waals surface area contributed by atoms with E-state index >= 15 is 0 Å². The maximum absolute atomic E-state index is 12.0. The molecule has 0 radical (unpaired) electrons. The van der Waals surface area contributed by atoms with Crippen molar-refractivity contribution >= 4 is 5.91 Å². The van der Waals surface area contributed by atoms with Crippen LogP contribution in [0.5, 0.6) is 5.75 Å². The topological polar surface area (TPSA) is 64.3 Å². The molecular formula is C17H28N2O2. The Bertz CT molecular complexity index is 444. The SMILES string of the molecule is CC(C)CCNC(=O)C(C)Oc1ccccc1CC(C)N. The summed E-state index contributed by atoms with van der Waals surface area (Å²) >= 11 is 0. The highest BCUT2D eigenvalue weighted by Crippen LogP contribution is 2.20. The van der Waals surface area contributed by atoms with E-state index in [1.54, 1.807) is 6.92 Å². The van der Waals surface area contributed by atoms with Crippen molar-refractivity contribution < 1.29 is 9.53 Å². The highest BCUT2D eigenvalue weighted by atomic mass is 16.5. The lowest BCUT2D eigenvalue weighted by atomic mass is 10.1. The number of ether oxygens (including phenoxy) is 1. The quantitative estimate of drug-likeness (QED) is 0.774. The zero-order valence-corrected chi connectivity index (χ0v) is 13.6. The molecule has 0 aliphatic rings. The van der Waals surface area contributed by atoms with Crippen molar-refractivity contribution in [1.82, 2.24) is 5.32 Å². The second kappa shape index (κ2) is 8.67. The van der Waals surface area contributed by atoms with Crippen LogP contribution in [0.3, 0.4) is 0 Å². The fourth-order valence-electron chi connectivity index (χ4n) is 2.01. The summed E-state index contributed by atoms with van der Waals surface area (Å²) in [5, 5.41) is 2.91. The molecule has 4 heteroatoms. The fourth-order valence-corrected chi connectivity index (χ4v) is 2.01. The summed E-state index contributed by atoms with van der Waals surface area (Å²) in [6.45, 7) is 8.69. The monoisotopic (exact) mass is 292 g/mol. The molecule has 0 saturated heterocycles. The van der Waals surface area contributed by atoms with Gasteiger partial charge in [-0.3, -0.25) is 4.79 Å². The third-order valence-electron chi connectivity index (χ3n) is 3.21. The molecular weight excluding hydrogens is 264 g/mol. The molecule has 0 heterocycles. The Labute approximate surface area is 128 Å². The normalized spacial score (nSPS) is 13.8. The van der Waals surface area contributed by atoms with Crippen molar-refractivity contribution in [3.05, 3.63) is 29.8 Å². The van der Waals surface area contributed by atoms with Gasteiger partial charge in [-0.25, -0.2) is 0 Å². The third kappa shape index (κ3) is 6.63. The first-order valence-corrected chi connectivity index (χ1v) is 7.68. The van der Waals surface area contributed by atoms with Gasteiger partial charge in [0.1, 0.15) is 5.75 Å². The largest absolute Gasteiger partial charge is 0.481 e. The molecule has 0 saturated carbocycles. The summed E-state index contributed by atoms with van der Waals surface area (Å²) in [5.74, 6) is 1.24. The lowest BCUT2D eigenvalue weighted by Crippen LogP contribution is -2.37. The minimum atomic E-state index is -0.508. The first kappa shape index (κ1) is 17.5. The van der Waals surface area contributed by atoms with Gasteiger partial charge in [-0.1, -0.05) is 32.0 Å². The van der Waals surface area contributed by atoms with E-state index in [2.05, 4.69) is 19.2 Å². The lowest BCUT2D eigenvalue weighted by molar-refractivity contribution is -0.127. The average Bonchev–Trinajstić information content (AvgIpc) is 2.39. The summed E-state index contributed by atoms with van der Waals surface area (Å²) in [4.78, 5) is 12.0. The van der Waals surface area contributed by atoms with E-state index in [0.29, 0.717) is 12.5 Å². The van der Waals surface area contributed by atoms with Gasteiger partial charge in [-0.2, -0.15) is 0 Å². The standard InChI is InChI=1S/C17H28N2O2/c1-12(2)9-10-19-17(20)14(4)21-16-8-6-5-7-15(16)11-13(3)18/h5-8,12-14H,9-11,18H2,1-4H3,(H,19,20). The number of nitrogens with two attached hydrogens (primary N) is 1. The molecule has 4 nitrogen and oxygen atoms in total. The van der Waals surface area contributed by atoms with Crippen molar-refractivity contribution in [2.24, 2.45) is 11.7 Å². The van der Waals surface area contributed by atoms with Crippen LogP contribution in [0.4, 0.5) is 0 Å². The molecule has 2 atom stereocenters. The smallest absolute Gasteiger partial charge is 0.260 e. The minimum Gasteiger partial charge on any atom is -0.481 e. The van der Waals surface area contributed by atoms with Crippen molar-refractivity contribution in [3.63, 3.8) is 0 Å². The second-order valence-electron chi connectivity index (χ2n) is 6.02. The van der Waals surface area contributed by atoms with Gasteiger partial charge in [0.15, 0.2) is 6.10 Å². The summed E-state index contributed by atoms with van der Waals surface area (Å²) in [6, 6.07) is 7.80. The Balaban J connectivity index is 2.57. The van der Waals surface area contributed by atoms with Crippen LogP contribution in [0.2, 0.25) is 0 Å². The number of benzene rings is 1. The molecule has 3 N–H and O–H groups in total. The van der Waals surface area contributed by atoms with Crippen LogP contribution in [-0.2, 0) is 11.2 Å². The van der Waals surface area contributed by atoms with Gasteiger partial charge in [-0.05, 0) is 44.2 Å². The van der Waals surface area contributed by atoms with Crippen molar-refractivity contribution in [1.29, 1.82) is 0 Å². The van der Waals surface area contributed by atoms with E-state index in [1.807, 2.05) is 31.2 Å². The molecule has 0 aromatic heterocycles. The van der Waals surface area contributed by atoms with Crippen molar-refractivity contribution in [2.75, 3.05) is 6.54 Å². The van der Waals surface area contributed by atoms with Crippen LogP contribution in [0, 0.1) is 5.92 Å². The maximum Gasteiger partial charge on any atom is 0.260 e.